The summed E-state index contributed by atoms with van der Waals surface area (Å²) in [5, 5.41) is 0. The number of morpholine rings is 1. The number of fused-ring (bicyclic) bond motifs is 2. The Hall–Kier alpha value is -2.74. The van der Waals surface area contributed by atoms with Gasteiger partial charge in [0, 0.05) is 37.3 Å². The minimum Gasteiger partial charge on any atom is -0.477 e. The summed E-state index contributed by atoms with van der Waals surface area (Å²) in [5.74, 6) is 1.15. The molecule has 2 aromatic rings. The van der Waals surface area contributed by atoms with Crippen LogP contribution in [0.15, 0.2) is 36.1 Å². The molecular weight excluding hydrogens is 411 g/mol. The first kappa shape index (κ1) is 21.1. The first-order valence-corrected chi connectivity index (χ1v) is 11.1. The molecule has 3 aliphatic heterocycles. The van der Waals surface area contributed by atoms with Crippen molar-refractivity contribution in [2.24, 2.45) is 0 Å². The number of carbonyl (C=O) groups is 1. The van der Waals surface area contributed by atoms with E-state index in [4.69, 9.17) is 14.2 Å². The maximum Gasteiger partial charge on any atom is 0.231 e. The first-order chi connectivity index (χ1) is 15.6. The maximum atomic E-state index is 13.2. The average molecular weight is 438 g/mol. The Labute approximate surface area is 187 Å². The lowest BCUT2D eigenvalue weighted by Crippen LogP contribution is -2.39. The molecule has 0 aliphatic carbocycles. The van der Waals surface area contributed by atoms with Gasteiger partial charge in [-0.15, -0.1) is 0 Å². The Kier molecular flexibility index (Phi) is 5.95. The van der Waals surface area contributed by atoms with E-state index >= 15 is 0 Å². The lowest BCUT2D eigenvalue weighted by molar-refractivity contribution is 0.0329. The smallest absolute Gasteiger partial charge is 0.231 e. The summed E-state index contributed by atoms with van der Waals surface area (Å²) in [7, 11) is 0. The first-order valence-electron chi connectivity index (χ1n) is 11.1. The Balaban J connectivity index is 1.28. The van der Waals surface area contributed by atoms with Crippen molar-refractivity contribution in [3.8, 4) is 11.5 Å². The minimum absolute atomic E-state index is 0.153. The number of rotatable bonds is 5. The van der Waals surface area contributed by atoms with Crippen molar-refractivity contribution in [3.05, 3.63) is 64.2 Å². The highest BCUT2D eigenvalue weighted by atomic mass is 19.1. The van der Waals surface area contributed by atoms with Crippen LogP contribution in [0.3, 0.4) is 0 Å². The van der Waals surface area contributed by atoms with Crippen LogP contribution in [0.4, 0.5) is 4.39 Å². The predicted molar refractivity (Wildman–Crippen MR) is 118 cm³/mol. The van der Waals surface area contributed by atoms with Gasteiger partial charge in [0.05, 0.1) is 18.8 Å². The third-order valence-electron chi connectivity index (χ3n) is 6.22. The lowest BCUT2D eigenvalue weighted by Gasteiger charge is -2.31. The quantitative estimate of drug-likeness (QED) is 0.665. The van der Waals surface area contributed by atoms with Crippen LogP contribution in [-0.2, 0) is 11.3 Å². The van der Waals surface area contributed by atoms with Gasteiger partial charge in [-0.05, 0) is 49.7 Å². The summed E-state index contributed by atoms with van der Waals surface area (Å²) in [4.78, 5) is 17.7. The van der Waals surface area contributed by atoms with E-state index in [1.165, 1.54) is 12.1 Å². The molecule has 0 N–H and O–H groups in total. The fraction of sp³-hybridized carbons (Fsp3) is 0.400. The molecule has 1 saturated heterocycles. The van der Waals surface area contributed by atoms with Crippen LogP contribution in [-0.4, -0.2) is 61.7 Å². The van der Waals surface area contributed by atoms with E-state index in [1.54, 1.807) is 18.2 Å². The van der Waals surface area contributed by atoms with Crippen molar-refractivity contribution < 1.29 is 23.4 Å². The summed E-state index contributed by atoms with van der Waals surface area (Å²) < 4.78 is 30.6. The number of carbonyl (C=O) groups excluding carboxylic acids is 1. The number of hydrogen-bond donors (Lipinski definition) is 0. The third-order valence-corrected chi connectivity index (χ3v) is 6.22. The van der Waals surface area contributed by atoms with Crippen LogP contribution >= 0.6 is 0 Å². The van der Waals surface area contributed by atoms with E-state index in [1.807, 2.05) is 13.0 Å². The van der Waals surface area contributed by atoms with Crippen molar-refractivity contribution in [3.63, 3.8) is 0 Å². The zero-order valence-corrected chi connectivity index (χ0v) is 18.2. The third kappa shape index (κ3) is 4.28. The lowest BCUT2D eigenvalue weighted by atomic mass is 10.00. The van der Waals surface area contributed by atoms with Gasteiger partial charge in [0.1, 0.15) is 24.0 Å². The fourth-order valence-electron chi connectivity index (χ4n) is 4.49. The van der Waals surface area contributed by atoms with Gasteiger partial charge in [0.25, 0.3) is 0 Å². The Morgan fingerprint density at radius 1 is 1.06 bits per heavy atom. The largest absolute Gasteiger partial charge is 0.477 e. The molecule has 32 heavy (non-hydrogen) atoms. The standard InChI is InChI=1S/C25H27FN2O4/c1-17-24-19(15-28(16-31-24)8-2-7-27-9-11-30-12-10-27)14-21-23(29)22(32-25(17)21)13-18-3-5-20(26)6-4-18/h3-6,13-14H,2,7-12,15-16H2,1H3. The van der Waals surface area contributed by atoms with E-state index < -0.39 is 0 Å². The predicted octanol–water partition coefficient (Wildman–Crippen LogP) is 3.62. The molecule has 0 spiro atoms. The van der Waals surface area contributed by atoms with Crippen LogP contribution in [0.2, 0.25) is 0 Å². The number of Topliss-reactive ketones (excluding diaryl/α,β-unsaturated/α-hetero) is 1. The molecule has 0 aromatic heterocycles. The van der Waals surface area contributed by atoms with Crippen LogP contribution in [0.5, 0.6) is 11.5 Å². The van der Waals surface area contributed by atoms with E-state index in [2.05, 4.69) is 9.80 Å². The molecule has 2 aromatic carbocycles. The molecular formula is C25H27FN2O4. The molecule has 0 bridgehead atoms. The topological polar surface area (TPSA) is 51.2 Å². The highest BCUT2D eigenvalue weighted by Crippen LogP contribution is 2.43. The maximum absolute atomic E-state index is 13.2. The summed E-state index contributed by atoms with van der Waals surface area (Å²) in [6.07, 6.45) is 2.72. The number of halogens is 1. The van der Waals surface area contributed by atoms with Crippen molar-refractivity contribution in [1.82, 2.24) is 9.80 Å². The zero-order chi connectivity index (χ0) is 22.1. The van der Waals surface area contributed by atoms with E-state index in [-0.39, 0.29) is 17.4 Å². The van der Waals surface area contributed by atoms with Gasteiger partial charge in [-0.3, -0.25) is 14.6 Å². The minimum atomic E-state index is -0.315. The van der Waals surface area contributed by atoms with Gasteiger partial charge in [0.15, 0.2) is 5.76 Å². The molecule has 6 nitrogen and oxygen atoms in total. The summed E-state index contributed by atoms with van der Waals surface area (Å²) in [5.41, 5.74) is 3.14. The van der Waals surface area contributed by atoms with Gasteiger partial charge < -0.3 is 14.2 Å². The molecule has 5 rings (SSSR count). The zero-order valence-electron chi connectivity index (χ0n) is 18.2. The average Bonchev–Trinajstić information content (AvgIpc) is 3.12. The van der Waals surface area contributed by atoms with E-state index in [9.17, 15) is 9.18 Å². The number of hydrogen-bond acceptors (Lipinski definition) is 6. The van der Waals surface area contributed by atoms with Gasteiger partial charge in [-0.1, -0.05) is 12.1 Å². The number of ketones is 1. The molecule has 0 radical (unpaired) electrons. The Morgan fingerprint density at radius 3 is 2.59 bits per heavy atom. The Morgan fingerprint density at radius 2 is 1.81 bits per heavy atom. The number of nitrogens with zero attached hydrogens (tertiary/aromatic N) is 2. The Bertz CT molecular complexity index is 1040. The van der Waals surface area contributed by atoms with Crippen molar-refractivity contribution in [1.29, 1.82) is 0 Å². The molecule has 1 fully saturated rings. The van der Waals surface area contributed by atoms with Gasteiger partial charge in [-0.25, -0.2) is 4.39 Å². The molecule has 3 aliphatic rings. The molecule has 0 unspecified atom stereocenters. The second-order valence-electron chi connectivity index (χ2n) is 8.49. The second-order valence-corrected chi connectivity index (χ2v) is 8.49. The van der Waals surface area contributed by atoms with E-state index in [0.717, 1.165) is 69.2 Å². The summed E-state index contributed by atoms with van der Waals surface area (Å²) >= 11 is 0. The molecule has 7 heteroatoms. The number of benzene rings is 2. The molecule has 0 amide bonds. The van der Waals surface area contributed by atoms with E-state index in [0.29, 0.717) is 23.6 Å². The fourth-order valence-corrected chi connectivity index (χ4v) is 4.49. The molecule has 168 valence electrons. The SMILES string of the molecule is Cc1c2c(cc3c1OC(=Cc1ccc(F)cc1)C3=O)CN(CCCN1CCOCC1)CO2. The summed E-state index contributed by atoms with van der Waals surface area (Å²) in [6.45, 7) is 8.84. The van der Waals surface area contributed by atoms with Crippen LogP contribution in [0.25, 0.3) is 6.08 Å². The van der Waals surface area contributed by atoms with Crippen molar-refractivity contribution in [2.75, 3.05) is 46.1 Å². The van der Waals surface area contributed by atoms with Crippen molar-refractivity contribution in [2.45, 2.75) is 19.9 Å². The van der Waals surface area contributed by atoms with Gasteiger partial charge >= 0.3 is 0 Å². The normalized spacial score (nSPS) is 20.1. The second kappa shape index (κ2) is 9.02. The summed E-state index contributed by atoms with van der Waals surface area (Å²) in [6, 6.07) is 7.88. The number of ether oxygens (including phenoxy) is 3. The molecule has 0 atom stereocenters. The monoisotopic (exact) mass is 438 g/mol. The molecule has 0 saturated carbocycles. The van der Waals surface area contributed by atoms with Crippen LogP contribution in [0, 0.1) is 12.7 Å². The highest BCUT2D eigenvalue weighted by molar-refractivity contribution is 6.15. The van der Waals surface area contributed by atoms with Gasteiger partial charge in [-0.2, -0.15) is 0 Å². The van der Waals surface area contributed by atoms with Gasteiger partial charge in [0.2, 0.25) is 5.78 Å². The molecule has 3 heterocycles. The number of allylic oxidation sites excluding steroid dienone is 1. The highest BCUT2D eigenvalue weighted by Gasteiger charge is 2.33. The van der Waals surface area contributed by atoms with Crippen LogP contribution in [0.1, 0.15) is 33.5 Å². The van der Waals surface area contributed by atoms with Crippen LogP contribution < -0.4 is 9.47 Å². The van der Waals surface area contributed by atoms with Crippen molar-refractivity contribution >= 4 is 11.9 Å².